The number of azide groups is 1. The molecule has 5 rings (SSSR count). The number of hydrogen-bond acceptors (Lipinski definition) is 4. The van der Waals surface area contributed by atoms with Crippen molar-refractivity contribution in [2.75, 3.05) is 31.1 Å². The molecule has 0 radical (unpaired) electrons. The van der Waals surface area contributed by atoms with Crippen LogP contribution in [0, 0.1) is 0 Å². The molecule has 0 amide bonds. The molecule has 0 spiro atoms. The largest absolute Gasteiger partial charge is 0.466 e. The molecule has 0 N–H and O–H groups in total. The lowest BCUT2D eigenvalue weighted by Gasteiger charge is -2.27. The monoisotopic (exact) mass is 610 g/mol. The maximum absolute atomic E-state index is 10.8. The summed E-state index contributed by atoms with van der Waals surface area (Å²) >= 11 is 7.12. The Morgan fingerprint density at radius 2 is 1.77 bits per heavy atom. The van der Waals surface area contributed by atoms with Gasteiger partial charge in [0, 0.05) is 57.4 Å². The molecule has 8 heteroatoms. The minimum absolute atomic E-state index is 0.170. The average molecular weight is 611 g/mol. The van der Waals surface area contributed by atoms with Gasteiger partial charge in [-0.3, -0.25) is 4.79 Å². The third-order valence-corrected chi connectivity index (χ3v) is 9.63. The standard InChI is InChI=1S/C36H41ClN5O2/c1-35(2)28-13-5-7-15-30(28)41(22-10-21-39-40-38)32(35)19-17-26-11-9-12-27(34(26)37)18-20-33-36(3,4)29-14-6-8-16-31(29)42(33)23-24-44-25-43/h5-8,13-20,25H,9-12,21-24H2,1-4H3/q+1. The SMILES string of the molecule is CC1(C)C(=CC=C2CCCC(C=CC3=[N+](CCCN=[N+]=[N-])c4ccccc4C3(C)C)=C2Cl)N(CCOC=O)c2ccccc21. The van der Waals surface area contributed by atoms with Crippen molar-refractivity contribution in [1.29, 1.82) is 0 Å². The Morgan fingerprint density at radius 3 is 2.55 bits per heavy atom. The number of halogens is 1. The van der Waals surface area contributed by atoms with Gasteiger partial charge in [-0.15, -0.1) is 0 Å². The summed E-state index contributed by atoms with van der Waals surface area (Å²) in [7, 11) is 0. The number of ether oxygens (including phenoxy) is 1. The highest BCUT2D eigenvalue weighted by molar-refractivity contribution is 6.32. The molecule has 2 aliphatic heterocycles. The average Bonchev–Trinajstić information content (AvgIpc) is 3.37. The van der Waals surface area contributed by atoms with E-state index in [9.17, 15) is 4.79 Å². The molecule has 7 nitrogen and oxygen atoms in total. The third-order valence-electron chi connectivity index (χ3n) is 9.14. The summed E-state index contributed by atoms with van der Waals surface area (Å²) < 4.78 is 7.43. The molecule has 0 fully saturated rings. The normalized spacial score (nSPS) is 20.3. The highest BCUT2D eigenvalue weighted by Crippen LogP contribution is 2.48. The highest BCUT2D eigenvalue weighted by Gasteiger charge is 2.44. The van der Waals surface area contributed by atoms with E-state index in [2.05, 4.69) is 114 Å². The van der Waals surface area contributed by atoms with Gasteiger partial charge in [0.2, 0.25) is 5.69 Å². The van der Waals surface area contributed by atoms with Crippen molar-refractivity contribution in [3.63, 3.8) is 0 Å². The number of carbonyl (C=O) groups excluding carboxylic acids is 1. The topological polar surface area (TPSA) is 81.3 Å². The summed E-state index contributed by atoms with van der Waals surface area (Å²) in [6.45, 7) is 11.7. The number of anilines is 1. The summed E-state index contributed by atoms with van der Waals surface area (Å²) in [6.07, 6.45) is 12.4. The second-order valence-electron chi connectivity index (χ2n) is 12.5. The van der Waals surface area contributed by atoms with Crippen molar-refractivity contribution in [3.05, 3.63) is 116 Å². The molecule has 1 aliphatic carbocycles. The van der Waals surface area contributed by atoms with Crippen LogP contribution in [0.4, 0.5) is 11.4 Å². The molecule has 2 aromatic carbocycles. The number of benzene rings is 2. The zero-order chi connectivity index (χ0) is 31.3. The summed E-state index contributed by atoms with van der Waals surface area (Å²) in [5, 5.41) is 4.56. The van der Waals surface area contributed by atoms with Gasteiger partial charge in [0.15, 0.2) is 5.71 Å². The van der Waals surface area contributed by atoms with Crippen LogP contribution in [0.25, 0.3) is 10.4 Å². The van der Waals surface area contributed by atoms with Crippen LogP contribution in [-0.4, -0.2) is 43.0 Å². The third kappa shape index (κ3) is 5.99. The zero-order valence-electron chi connectivity index (χ0n) is 26.1. The van der Waals surface area contributed by atoms with Crippen LogP contribution >= 0.6 is 11.6 Å². The molecule has 2 aromatic rings. The maximum atomic E-state index is 10.8. The van der Waals surface area contributed by atoms with Gasteiger partial charge < -0.3 is 9.64 Å². The number of rotatable bonds is 11. The van der Waals surface area contributed by atoms with Crippen LogP contribution in [0.1, 0.15) is 64.5 Å². The van der Waals surface area contributed by atoms with Gasteiger partial charge in [-0.1, -0.05) is 79.1 Å². The first-order valence-corrected chi connectivity index (χ1v) is 15.8. The molecule has 0 bridgehead atoms. The molecule has 228 valence electrons. The van der Waals surface area contributed by atoms with Gasteiger partial charge in [0.1, 0.15) is 13.2 Å². The van der Waals surface area contributed by atoms with Gasteiger partial charge in [-0.2, -0.15) is 4.58 Å². The van der Waals surface area contributed by atoms with Crippen LogP contribution in [0.2, 0.25) is 0 Å². The van der Waals surface area contributed by atoms with E-state index in [4.69, 9.17) is 21.9 Å². The predicted molar refractivity (Wildman–Crippen MR) is 179 cm³/mol. The van der Waals surface area contributed by atoms with E-state index in [1.807, 2.05) is 6.07 Å². The van der Waals surface area contributed by atoms with E-state index in [1.54, 1.807) is 0 Å². The first kappa shape index (κ1) is 31.4. The van der Waals surface area contributed by atoms with E-state index >= 15 is 0 Å². The Morgan fingerprint density at radius 1 is 1.02 bits per heavy atom. The van der Waals surface area contributed by atoms with Crippen LogP contribution in [0.15, 0.2) is 99.8 Å². The Hall–Kier alpha value is -4.06. The summed E-state index contributed by atoms with van der Waals surface area (Å²) in [6, 6.07) is 17.0. The van der Waals surface area contributed by atoms with Gasteiger partial charge in [0.25, 0.3) is 6.47 Å². The first-order valence-electron chi connectivity index (χ1n) is 15.4. The number of nitrogens with zero attached hydrogens (tertiary/aromatic N) is 5. The Labute approximate surface area is 265 Å². The quantitative estimate of drug-likeness (QED) is 0.0637. The van der Waals surface area contributed by atoms with Crippen molar-refractivity contribution in [3.8, 4) is 0 Å². The van der Waals surface area contributed by atoms with Gasteiger partial charge >= 0.3 is 0 Å². The maximum Gasteiger partial charge on any atom is 0.293 e. The molecule has 0 saturated carbocycles. The van der Waals surface area contributed by atoms with Crippen molar-refractivity contribution < 1.29 is 14.1 Å². The van der Waals surface area contributed by atoms with E-state index in [-0.39, 0.29) is 10.8 Å². The van der Waals surface area contributed by atoms with Crippen molar-refractivity contribution in [2.24, 2.45) is 5.11 Å². The van der Waals surface area contributed by atoms with Gasteiger partial charge in [-0.05, 0) is 67.5 Å². The Balaban J connectivity index is 1.47. The minimum atomic E-state index is -0.204. The molecule has 3 aliphatic rings. The van der Waals surface area contributed by atoms with E-state index in [0.717, 1.165) is 59.8 Å². The zero-order valence-corrected chi connectivity index (χ0v) is 26.8. The molecule has 44 heavy (non-hydrogen) atoms. The Bertz CT molecular complexity index is 1640. The second-order valence-corrected chi connectivity index (χ2v) is 12.9. The molecule has 0 atom stereocenters. The Kier molecular flexibility index (Phi) is 9.48. The number of hydrogen-bond donors (Lipinski definition) is 0. The number of carbonyl (C=O) groups is 1. The molecule has 0 unspecified atom stereocenters. The van der Waals surface area contributed by atoms with Crippen LogP contribution in [-0.2, 0) is 20.4 Å². The van der Waals surface area contributed by atoms with Crippen LogP contribution in [0.5, 0.6) is 0 Å². The fourth-order valence-electron chi connectivity index (χ4n) is 6.87. The molecule has 0 aromatic heterocycles. The lowest BCUT2D eigenvalue weighted by atomic mass is 9.81. The first-order chi connectivity index (χ1) is 21.2. The number of fused-ring (bicyclic) bond motifs is 2. The van der Waals surface area contributed by atoms with Crippen LogP contribution in [0.3, 0.4) is 0 Å². The molecular formula is C36H41ClN5O2+. The summed E-state index contributed by atoms with van der Waals surface area (Å²) in [5.41, 5.74) is 17.9. The summed E-state index contributed by atoms with van der Waals surface area (Å²) in [5.74, 6) is 0. The lowest BCUT2D eigenvalue weighted by Crippen LogP contribution is -2.29. The van der Waals surface area contributed by atoms with Gasteiger partial charge in [0.05, 0.1) is 12.0 Å². The molecule has 0 saturated heterocycles. The fourth-order valence-corrected chi connectivity index (χ4v) is 7.18. The van der Waals surface area contributed by atoms with E-state index in [1.165, 1.54) is 22.5 Å². The fraction of sp³-hybridized carbons (Fsp3) is 0.389. The smallest absolute Gasteiger partial charge is 0.293 e. The minimum Gasteiger partial charge on any atom is -0.466 e. The van der Waals surface area contributed by atoms with Crippen molar-refractivity contribution in [1.82, 2.24) is 0 Å². The second kappa shape index (κ2) is 13.3. The van der Waals surface area contributed by atoms with Crippen molar-refractivity contribution in [2.45, 2.75) is 64.2 Å². The number of para-hydroxylation sites is 2. The molecular weight excluding hydrogens is 570 g/mol. The van der Waals surface area contributed by atoms with Crippen LogP contribution < -0.4 is 4.90 Å². The van der Waals surface area contributed by atoms with Gasteiger partial charge in [-0.25, -0.2) is 0 Å². The lowest BCUT2D eigenvalue weighted by molar-refractivity contribution is -0.437. The van der Waals surface area contributed by atoms with Crippen molar-refractivity contribution >= 4 is 35.2 Å². The molecule has 2 heterocycles. The number of allylic oxidation sites excluding steroid dienone is 8. The highest BCUT2D eigenvalue weighted by atomic mass is 35.5. The predicted octanol–water partition coefficient (Wildman–Crippen LogP) is 8.78. The summed E-state index contributed by atoms with van der Waals surface area (Å²) in [4.78, 5) is 16.0. The van der Waals surface area contributed by atoms with E-state index < -0.39 is 0 Å². The van der Waals surface area contributed by atoms with E-state index in [0.29, 0.717) is 26.2 Å².